The van der Waals surface area contributed by atoms with Gasteiger partial charge < -0.3 is 9.64 Å². The molecule has 1 aromatic heterocycles. The van der Waals surface area contributed by atoms with E-state index >= 15 is 0 Å². The third-order valence-electron chi connectivity index (χ3n) is 4.92. The van der Waals surface area contributed by atoms with Crippen molar-refractivity contribution in [2.75, 3.05) is 32.6 Å². The van der Waals surface area contributed by atoms with Gasteiger partial charge in [0.05, 0.1) is 13.2 Å². The van der Waals surface area contributed by atoms with Crippen LogP contribution in [0.15, 0.2) is 65.5 Å². The molecule has 8 nitrogen and oxygen atoms in total. The largest absolute Gasteiger partial charge is 0.449 e. The van der Waals surface area contributed by atoms with Crippen LogP contribution in [0.1, 0.15) is 34.5 Å². The van der Waals surface area contributed by atoms with Crippen molar-refractivity contribution in [3.8, 4) is 0 Å². The number of carbonyl (C=O) groups excluding carboxylic acids is 2. The van der Waals surface area contributed by atoms with Crippen LogP contribution in [0.3, 0.4) is 0 Å². The molecule has 34 heavy (non-hydrogen) atoms. The van der Waals surface area contributed by atoms with Gasteiger partial charge in [0.15, 0.2) is 0 Å². The summed E-state index contributed by atoms with van der Waals surface area (Å²) in [6, 6.07) is 14.8. The molecule has 1 amide bonds. The summed E-state index contributed by atoms with van der Waals surface area (Å²) in [5, 5.41) is 6.82. The molecule has 3 rings (SSSR count). The highest BCUT2D eigenvalue weighted by molar-refractivity contribution is 6.07. The molecule has 0 bridgehead atoms. The van der Waals surface area contributed by atoms with Crippen LogP contribution in [-0.4, -0.2) is 53.8 Å². The van der Waals surface area contributed by atoms with Crippen molar-refractivity contribution in [1.82, 2.24) is 14.7 Å². The van der Waals surface area contributed by atoms with E-state index in [4.69, 9.17) is 4.74 Å². The number of unbranched alkanes of at least 4 members (excludes halogenated alkanes) is 1. The number of nitrogens with one attached hydrogen (secondary N) is 1. The van der Waals surface area contributed by atoms with E-state index in [1.165, 1.54) is 30.3 Å². The Morgan fingerprint density at radius 2 is 1.85 bits per heavy atom. The van der Waals surface area contributed by atoms with Gasteiger partial charge in [-0.05, 0) is 69.4 Å². The molecular weight excluding hydrogens is 439 g/mol. The molecule has 0 radical (unpaired) electrons. The fourth-order valence-corrected chi connectivity index (χ4v) is 3.23. The highest BCUT2D eigenvalue weighted by atomic mass is 19.1. The third-order valence-corrected chi connectivity index (χ3v) is 4.92. The molecule has 0 atom stereocenters. The molecule has 1 N–H and O–H groups in total. The van der Waals surface area contributed by atoms with Gasteiger partial charge in [0.1, 0.15) is 11.5 Å². The van der Waals surface area contributed by atoms with Crippen molar-refractivity contribution in [2.45, 2.75) is 19.4 Å². The van der Waals surface area contributed by atoms with Crippen molar-refractivity contribution in [1.29, 1.82) is 0 Å². The van der Waals surface area contributed by atoms with E-state index in [0.29, 0.717) is 17.9 Å². The summed E-state index contributed by atoms with van der Waals surface area (Å²) >= 11 is 0. The Bertz CT molecular complexity index is 1210. The van der Waals surface area contributed by atoms with Gasteiger partial charge in [0.2, 0.25) is 5.78 Å². The summed E-state index contributed by atoms with van der Waals surface area (Å²) in [6.07, 6.45) is 1.14. The second-order valence-electron chi connectivity index (χ2n) is 8.03. The third kappa shape index (κ3) is 7.35. The maximum Gasteiger partial charge on any atom is 0.411 e. The predicted octanol–water partition coefficient (Wildman–Crippen LogP) is 3.55. The second-order valence-corrected chi connectivity index (χ2v) is 8.03. The van der Waals surface area contributed by atoms with Crippen molar-refractivity contribution in [2.24, 2.45) is 0 Å². The fraction of sp³-hybridized carbons (Fsp3) is 0.280. The Kier molecular flexibility index (Phi) is 8.64. The lowest BCUT2D eigenvalue weighted by molar-refractivity contribution is 0.103. The van der Waals surface area contributed by atoms with Crippen molar-refractivity contribution < 1.29 is 18.7 Å². The minimum atomic E-state index is -0.556. The number of ketones is 1. The average Bonchev–Trinajstić information content (AvgIpc) is 2.80. The number of hydrogen-bond donors (Lipinski definition) is 1. The van der Waals surface area contributed by atoms with E-state index in [0.717, 1.165) is 30.1 Å². The molecule has 0 saturated heterocycles. The lowest BCUT2D eigenvalue weighted by atomic mass is 10.1. The van der Waals surface area contributed by atoms with Crippen LogP contribution in [-0.2, 0) is 11.3 Å². The number of aromatic nitrogens is 2. The van der Waals surface area contributed by atoms with Gasteiger partial charge in [0.25, 0.3) is 5.56 Å². The van der Waals surface area contributed by atoms with Gasteiger partial charge in [-0.3, -0.25) is 14.9 Å². The van der Waals surface area contributed by atoms with Gasteiger partial charge in [-0.25, -0.2) is 13.9 Å². The fourth-order valence-electron chi connectivity index (χ4n) is 3.23. The van der Waals surface area contributed by atoms with E-state index < -0.39 is 23.3 Å². The van der Waals surface area contributed by atoms with Crippen LogP contribution < -0.4 is 10.9 Å². The molecule has 0 aliphatic heterocycles. The minimum absolute atomic E-state index is 0.0253. The van der Waals surface area contributed by atoms with E-state index in [-0.39, 0.29) is 17.8 Å². The molecule has 0 fully saturated rings. The Hall–Kier alpha value is -3.85. The molecule has 178 valence electrons. The highest BCUT2D eigenvalue weighted by Crippen LogP contribution is 2.13. The molecular formula is C25H27FN4O4. The first-order valence-electron chi connectivity index (χ1n) is 10.9. The van der Waals surface area contributed by atoms with Crippen molar-refractivity contribution in [3.63, 3.8) is 0 Å². The predicted molar refractivity (Wildman–Crippen MR) is 127 cm³/mol. The van der Waals surface area contributed by atoms with E-state index in [2.05, 4.69) is 15.3 Å². The van der Waals surface area contributed by atoms with Crippen molar-refractivity contribution >= 4 is 17.6 Å². The maximum atomic E-state index is 13.5. The number of carbonyl (C=O) groups is 2. The van der Waals surface area contributed by atoms with Crippen LogP contribution in [0.4, 0.5) is 14.9 Å². The number of benzene rings is 2. The number of amides is 1. The molecule has 0 aliphatic rings. The van der Waals surface area contributed by atoms with Crippen LogP contribution >= 0.6 is 0 Å². The lowest BCUT2D eigenvalue weighted by Crippen LogP contribution is -2.25. The smallest absolute Gasteiger partial charge is 0.411 e. The normalized spacial score (nSPS) is 10.8. The second kappa shape index (κ2) is 11.9. The SMILES string of the molecule is CN(C)CCCCOC(=O)Nc1cccc(Cn2nc(C(=O)c3cccc(F)c3)ccc2=O)c1. The maximum absolute atomic E-state index is 13.5. The standard InChI is InChI=1S/C25H27FN4O4/c1-29(2)13-3-4-14-34-25(33)27-21-10-5-7-18(15-21)17-30-23(31)12-11-22(28-30)24(32)19-8-6-9-20(26)16-19/h5-12,15-16H,3-4,13-14,17H2,1-2H3,(H,27,33). The minimum Gasteiger partial charge on any atom is -0.449 e. The molecule has 0 spiro atoms. The zero-order chi connectivity index (χ0) is 24.5. The van der Waals surface area contributed by atoms with Gasteiger partial charge in [-0.15, -0.1) is 0 Å². The van der Waals surface area contributed by atoms with Gasteiger partial charge in [0, 0.05) is 17.3 Å². The zero-order valence-corrected chi connectivity index (χ0v) is 19.2. The number of rotatable bonds is 10. The molecule has 1 heterocycles. The van der Waals surface area contributed by atoms with E-state index in [1.54, 1.807) is 24.3 Å². The van der Waals surface area contributed by atoms with Crippen LogP contribution in [0.25, 0.3) is 0 Å². The monoisotopic (exact) mass is 466 g/mol. The Labute approximate surface area is 197 Å². The molecule has 9 heteroatoms. The first-order valence-corrected chi connectivity index (χ1v) is 10.9. The highest BCUT2D eigenvalue weighted by Gasteiger charge is 2.13. The summed E-state index contributed by atoms with van der Waals surface area (Å²) < 4.78 is 19.8. The molecule has 0 saturated carbocycles. The lowest BCUT2D eigenvalue weighted by Gasteiger charge is -2.11. The van der Waals surface area contributed by atoms with E-state index in [9.17, 15) is 18.8 Å². The summed E-state index contributed by atoms with van der Waals surface area (Å²) in [6.45, 7) is 1.33. The summed E-state index contributed by atoms with van der Waals surface area (Å²) in [7, 11) is 3.98. The topological polar surface area (TPSA) is 93.5 Å². The van der Waals surface area contributed by atoms with Crippen LogP contribution in [0, 0.1) is 5.82 Å². The molecule has 0 unspecified atom stereocenters. The first kappa shape index (κ1) is 24.8. The number of halogens is 1. The number of nitrogens with zero attached hydrogens (tertiary/aromatic N) is 3. The number of hydrogen-bond acceptors (Lipinski definition) is 6. The quantitative estimate of drug-likeness (QED) is 0.363. The Morgan fingerprint density at radius 3 is 2.62 bits per heavy atom. The van der Waals surface area contributed by atoms with Gasteiger partial charge in [-0.1, -0.05) is 24.3 Å². The summed E-state index contributed by atoms with van der Waals surface area (Å²) in [4.78, 5) is 39.0. The summed E-state index contributed by atoms with van der Waals surface area (Å²) in [5.74, 6) is -1.02. The number of ether oxygens (including phenoxy) is 1. The van der Waals surface area contributed by atoms with Crippen molar-refractivity contribution in [3.05, 3.63) is 93.7 Å². The van der Waals surface area contributed by atoms with Gasteiger partial charge in [-0.2, -0.15) is 5.10 Å². The van der Waals surface area contributed by atoms with Gasteiger partial charge >= 0.3 is 6.09 Å². The first-order chi connectivity index (χ1) is 16.3. The average molecular weight is 467 g/mol. The number of anilines is 1. The Morgan fingerprint density at radius 1 is 1.06 bits per heavy atom. The van der Waals surface area contributed by atoms with E-state index in [1.807, 2.05) is 14.1 Å². The summed E-state index contributed by atoms with van der Waals surface area (Å²) in [5.41, 5.74) is 0.970. The molecule has 0 aliphatic carbocycles. The Balaban J connectivity index is 1.64. The molecule has 3 aromatic rings. The zero-order valence-electron chi connectivity index (χ0n) is 19.2. The molecule has 2 aromatic carbocycles. The van der Waals surface area contributed by atoms with Crippen LogP contribution in [0.5, 0.6) is 0 Å². The van der Waals surface area contributed by atoms with Crippen LogP contribution in [0.2, 0.25) is 0 Å².